The SMILES string of the molecule is NC(=O)CCc1nnc(SCc2nc(-c3cccc(Cl)c3)no2)n1Cc1ccco1. The molecule has 0 aliphatic carbocycles. The number of thioether (sulfide) groups is 1. The van der Waals surface area contributed by atoms with Crippen LogP contribution in [-0.4, -0.2) is 30.8 Å². The number of halogens is 1. The standard InChI is InChI=1S/C19H17ClN6O3S/c20-13-4-1-3-12(9-13)18-22-17(29-25-18)11-30-19-24-23-16(7-6-15(21)27)26(19)10-14-5-2-8-28-14/h1-5,8-9H,6-7,10-11H2,(H2,21,27). The minimum atomic E-state index is -0.392. The molecule has 30 heavy (non-hydrogen) atoms. The third-order valence-electron chi connectivity index (χ3n) is 4.16. The van der Waals surface area contributed by atoms with Gasteiger partial charge in [-0.2, -0.15) is 4.98 Å². The minimum absolute atomic E-state index is 0.188. The number of carbonyl (C=O) groups is 1. The molecule has 0 saturated heterocycles. The number of nitrogens with zero attached hydrogens (tertiary/aromatic N) is 5. The van der Waals surface area contributed by atoms with Gasteiger partial charge in [-0.3, -0.25) is 9.36 Å². The molecule has 2 N–H and O–H groups in total. The first-order chi connectivity index (χ1) is 14.6. The Morgan fingerprint density at radius 2 is 2.13 bits per heavy atom. The van der Waals surface area contributed by atoms with Gasteiger partial charge in [0.1, 0.15) is 11.6 Å². The average Bonchev–Trinajstić information content (AvgIpc) is 3.47. The lowest BCUT2D eigenvalue weighted by Crippen LogP contribution is -2.14. The molecule has 0 aliphatic rings. The van der Waals surface area contributed by atoms with Crippen molar-refractivity contribution in [3.05, 3.63) is 65.2 Å². The predicted octanol–water partition coefficient (Wildman–Crippen LogP) is 3.33. The molecule has 0 spiro atoms. The number of aromatic nitrogens is 5. The number of hydrogen-bond acceptors (Lipinski definition) is 8. The molecule has 0 aliphatic heterocycles. The quantitative estimate of drug-likeness (QED) is 0.389. The topological polar surface area (TPSA) is 126 Å². The molecule has 3 aromatic heterocycles. The van der Waals surface area contributed by atoms with Gasteiger partial charge in [0.2, 0.25) is 17.6 Å². The van der Waals surface area contributed by atoms with E-state index in [0.717, 1.165) is 11.3 Å². The van der Waals surface area contributed by atoms with Crippen molar-refractivity contribution in [3.8, 4) is 11.4 Å². The van der Waals surface area contributed by atoms with Gasteiger partial charge in [0.15, 0.2) is 5.16 Å². The van der Waals surface area contributed by atoms with Gasteiger partial charge in [-0.25, -0.2) is 0 Å². The molecule has 9 nitrogen and oxygen atoms in total. The lowest BCUT2D eigenvalue weighted by atomic mass is 10.2. The first-order valence-electron chi connectivity index (χ1n) is 9.02. The third kappa shape index (κ3) is 4.89. The van der Waals surface area contributed by atoms with Crippen LogP contribution in [0.2, 0.25) is 5.02 Å². The van der Waals surface area contributed by atoms with Crippen molar-refractivity contribution in [3.63, 3.8) is 0 Å². The number of aryl methyl sites for hydroxylation is 1. The predicted molar refractivity (Wildman–Crippen MR) is 110 cm³/mol. The summed E-state index contributed by atoms with van der Waals surface area (Å²) in [4.78, 5) is 15.6. The highest BCUT2D eigenvalue weighted by atomic mass is 35.5. The van der Waals surface area contributed by atoms with E-state index in [1.165, 1.54) is 11.8 Å². The second-order valence-electron chi connectivity index (χ2n) is 6.34. The molecule has 0 radical (unpaired) electrons. The molecule has 0 atom stereocenters. The molecule has 0 unspecified atom stereocenters. The first kappa shape index (κ1) is 20.2. The Morgan fingerprint density at radius 1 is 1.23 bits per heavy atom. The summed E-state index contributed by atoms with van der Waals surface area (Å²) < 4.78 is 12.7. The molecule has 11 heteroatoms. The number of benzene rings is 1. The third-order valence-corrected chi connectivity index (χ3v) is 5.34. The zero-order valence-electron chi connectivity index (χ0n) is 15.7. The van der Waals surface area contributed by atoms with Crippen LogP contribution in [0.3, 0.4) is 0 Å². The van der Waals surface area contributed by atoms with Crippen molar-refractivity contribution in [1.29, 1.82) is 0 Å². The number of primary amides is 1. The van der Waals surface area contributed by atoms with Gasteiger partial charge >= 0.3 is 0 Å². The number of nitrogens with two attached hydrogens (primary N) is 1. The van der Waals surface area contributed by atoms with Crippen LogP contribution < -0.4 is 5.73 Å². The van der Waals surface area contributed by atoms with E-state index in [2.05, 4.69) is 20.3 Å². The number of amides is 1. The van der Waals surface area contributed by atoms with Crippen LogP contribution in [0.25, 0.3) is 11.4 Å². The van der Waals surface area contributed by atoms with Gasteiger partial charge in [0.05, 0.1) is 18.6 Å². The van der Waals surface area contributed by atoms with Crippen LogP contribution in [0.5, 0.6) is 0 Å². The number of hydrogen-bond donors (Lipinski definition) is 1. The second-order valence-corrected chi connectivity index (χ2v) is 7.72. The van der Waals surface area contributed by atoms with Gasteiger partial charge in [0.25, 0.3) is 0 Å². The highest BCUT2D eigenvalue weighted by Gasteiger charge is 2.17. The number of carbonyl (C=O) groups excluding carboxylic acids is 1. The smallest absolute Gasteiger partial charge is 0.237 e. The number of furan rings is 1. The van der Waals surface area contributed by atoms with Gasteiger partial charge in [-0.1, -0.05) is 40.7 Å². The fourth-order valence-corrected chi connectivity index (χ4v) is 3.73. The molecule has 154 valence electrons. The molecule has 0 fully saturated rings. The highest BCUT2D eigenvalue weighted by molar-refractivity contribution is 7.98. The molecular formula is C19H17ClN6O3S. The molecule has 0 saturated carbocycles. The van der Waals surface area contributed by atoms with Crippen LogP contribution in [0, 0.1) is 0 Å². The molecule has 4 rings (SSSR count). The Morgan fingerprint density at radius 3 is 2.90 bits per heavy atom. The lowest BCUT2D eigenvalue weighted by molar-refractivity contribution is -0.118. The molecular weight excluding hydrogens is 428 g/mol. The molecule has 4 aromatic rings. The van der Waals surface area contributed by atoms with Crippen molar-refractivity contribution < 1.29 is 13.7 Å². The Labute approximate surface area is 180 Å². The monoisotopic (exact) mass is 444 g/mol. The van der Waals surface area contributed by atoms with E-state index >= 15 is 0 Å². The van der Waals surface area contributed by atoms with Gasteiger partial charge < -0.3 is 14.7 Å². The summed E-state index contributed by atoms with van der Waals surface area (Å²) in [6, 6.07) is 10.9. The van der Waals surface area contributed by atoms with Crippen LogP contribution in [-0.2, 0) is 23.5 Å². The largest absolute Gasteiger partial charge is 0.467 e. The van der Waals surface area contributed by atoms with Crippen molar-refractivity contribution in [2.45, 2.75) is 30.3 Å². The maximum absolute atomic E-state index is 11.2. The maximum Gasteiger partial charge on any atom is 0.237 e. The fraction of sp³-hybridized carbons (Fsp3) is 0.211. The summed E-state index contributed by atoms with van der Waals surface area (Å²) in [6.45, 7) is 0.439. The van der Waals surface area contributed by atoms with E-state index in [0.29, 0.717) is 46.4 Å². The lowest BCUT2D eigenvalue weighted by Gasteiger charge is -2.07. The Bertz CT molecular complexity index is 1140. The van der Waals surface area contributed by atoms with Crippen molar-refractivity contribution in [2.75, 3.05) is 0 Å². The summed E-state index contributed by atoms with van der Waals surface area (Å²) in [5.41, 5.74) is 6.05. The van der Waals surface area contributed by atoms with Gasteiger partial charge in [-0.05, 0) is 24.3 Å². The van der Waals surface area contributed by atoms with Crippen molar-refractivity contribution in [2.24, 2.45) is 5.73 Å². The molecule has 0 bridgehead atoms. The average molecular weight is 445 g/mol. The zero-order valence-corrected chi connectivity index (χ0v) is 17.3. The van der Waals surface area contributed by atoms with Crippen LogP contribution >= 0.6 is 23.4 Å². The van der Waals surface area contributed by atoms with Crippen LogP contribution in [0.1, 0.15) is 23.9 Å². The molecule has 1 aromatic carbocycles. The second kappa shape index (κ2) is 9.14. The zero-order chi connectivity index (χ0) is 20.9. The Balaban J connectivity index is 1.49. The first-order valence-corrected chi connectivity index (χ1v) is 10.4. The number of rotatable bonds is 9. The van der Waals surface area contributed by atoms with Crippen molar-refractivity contribution in [1.82, 2.24) is 24.9 Å². The van der Waals surface area contributed by atoms with Crippen molar-refractivity contribution >= 4 is 29.3 Å². The highest BCUT2D eigenvalue weighted by Crippen LogP contribution is 2.25. The maximum atomic E-state index is 11.2. The Kier molecular flexibility index (Phi) is 6.15. The Hall–Kier alpha value is -3.11. The van der Waals surface area contributed by atoms with Gasteiger partial charge in [0, 0.05) is 23.4 Å². The van der Waals surface area contributed by atoms with Gasteiger partial charge in [-0.15, -0.1) is 10.2 Å². The normalized spacial score (nSPS) is 11.1. The molecule has 3 heterocycles. The fourth-order valence-electron chi connectivity index (χ4n) is 2.75. The minimum Gasteiger partial charge on any atom is -0.467 e. The molecule has 1 amide bonds. The van der Waals surface area contributed by atoms with E-state index in [-0.39, 0.29) is 6.42 Å². The summed E-state index contributed by atoms with van der Waals surface area (Å²) in [5, 5.41) is 13.7. The summed E-state index contributed by atoms with van der Waals surface area (Å²) in [5.74, 6) is 2.32. The summed E-state index contributed by atoms with van der Waals surface area (Å²) >= 11 is 7.42. The van der Waals surface area contributed by atoms with E-state index in [4.69, 9.17) is 26.3 Å². The summed E-state index contributed by atoms with van der Waals surface area (Å²) in [6.07, 6.45) is 2.18. The van der Waals surface area contributed by atoms with Crippen LogP contribution in [0.4, 0.5) is 0 Å². The van der Waals surface area contributed by atoms with E-state index < -0.39 is 5.91 Å². The summed E-state index contributed by atoms with van der Waals surface area (Å²) in [7, 11) is 0. The van der Waals surface area contributed by atoms with E-state index in [1.54, 1.807) is 18.4 Å². The van der Waals surface area contributed by atoms with E-state index in [9.17, 15) is 4.79 Å². The van der Waals surface area contributed by atoms with E-state index in [1.807, 2.05) is 28.8 Å². The van der Waals surface area contributed by atoms with Crippen LogP contribution in [0.15, 0.2) is 56.8 Å².